The van der Waals surface area contributed by atoms with Gasteiger partial charge in [-0.3, -0.25) is 19.5 Å². The quantitative estimate of drug-likeness (QED) is 0.622. The lowest BCUT2D eigenvalue weighted by molar-refractivity contribution is 0.0928. The average Bonchev–Trinajstić information content (AvgIpc) is 2.95. The highest BCUT2D eigenvalue weighted by atomic mass is 16.3. The van der Waals surface area contributed by atoms with Gasteiger partial charge in [0.15, 0.2) is 5.78 Å². The van der Waals surface area contributed by atoms with Crippen molar-refractivity contribution in [1.29, 1.82) is 0 Å². The fourth-order valence-electron chi connectivity index (χ4n) is 2.29. The molecule has 0 bridgehead atoms. The summed E-state index contributed by atoms with van der Waals surface area (Å²) in [7, 11) is 0. The van der Waals surface area contributed by atoms with E-state index in [1.165, 1.54) is 0 Å². The summed E-state index contributed by atoms with van der Waals surface area (Å²) in [5, 5.41) is 17.4. The predicted molar refractivity (Wildman–Crippen MR) is 71.3 cm³/mol. The second-order valence-corrected chi connectivity index (χ2v) is 4.51. The molecule has 0 aliphatic heterocycles. The Balaban J connectivity index is 2.09. The van der Waals surface area contributed by atoms with Crippen LogP contribution in [0, 0.1) is 0 Å². The standard InChI is InChI=1S/C14H11N3O4/c18-6-5-15-14(21)11-9-10(16-17-11)13(20)8-4-2-1-3-7(8)12(9)19/h1-4,18H,5-6H2,(H,15,21)(H,16,17). The van der Waals surface area contributed by atoms with E-state index >= 15 is 0 Å². The number of carbonyl (C=O) groups is 3. The number of aliphatic hydroxyl groups is 1. The van der Waals surface area contributed by atoms with Crippen LogP contribution in [-0.4, -0.2) is 45.9 Å². The number of hydrogen-bond acceptors (Lipinski definition) is 5. The SMILES string of the molecule is O=C1c2ccccc2C(=O)c2c1n[nH]c2C(=O)NCCO. The van der Waals surface area contributed by atoms with Crippen LogP contribution in [0.3, 0.4) is 0 Å². The van der Waals surface area contributed by atoms with Crippen molar-refractivity contribution in [2.45, 2.75) is 0 Å². The van der Waals surface area contributed by atoms with Crippen molar-refractivity contribution in [2.75, 3.05) is 13.2 Å². The number of hydrogen-bond donors (Lipinski definition) is 3. The molecule has 21 heavy (non-hydrogen) atoms. The number of aromatic nitrogens is 2. The summed E-state index contributed by atoms with van der Waals surface area (Å²) in [6.07, 6.45) is 0. The van der Waals surface area contributed by atoms with Crippen LogP contribution in [0.1, 0.15) is 42.5 Å². The van der Waals surface area contributed by atoms with E-state index in [-0.39, 0.29) is 41.2 Å². The van der Waals surface area contributed by atoms with Crippen LogP contribution in [-0.2, 0) is 0 Å². The molecule has 0 saturated carbocycles. The molecule has 1 aromatic carbocycles. The zero-order chi connectivity index (χ0) is 15.0. The van der Waals surface area contributed by atoms with Crippen molar-refractivity contribution >= 4 is 17.5 Å². The van der Waals surface area contributed by atoms with Gasteiger partial charge in [0, 0.05) is 17.7 Å². The van der Waals surface area contributed by atoms with Gasteiger partial charge in [-0.05, 0) is 0 Å². The third-order valence-corrected chi connectivity index (χ3v) is 3.25. The summed E-state index contributed by atoms with van der Waals surface area (Å²) < 4.78 is 0. The zero-order valence-corrected chi connectivity index (χ0v) is 10.8. The number of amides is 1. The Bertz CT molecular complexity index is 763. The van der Waals surface area contributed by atoms with E-state index in [0.29, 0.717) is 0 Å². The van der Waals surface area contributed by atoms with E-state index in [9.17, 15) is 14.4 Å². The van der Waals surface area contributed by atoms with Crippen molar-refractivity contribution in [3.63, 3.8) is 0 Å². The number of benzene rings is 1. The number of nitrogens with one attached hydrogen (secondary N) is 2. The zero-order valence-electron chi connectivity index (χ0n) is 10.8. The number of fused-ring (bicyclic) bond motifs is 2. The van der Waals surface area contributed by atoms with Gasteiger partial charge in [-0.2, -0.15) is 5.10 Å². The van der Waals surface area contributed by atoms with Gasteiger partial charge in [-0.15, -0.1) is 0 Å². The Morgan fingerprint density at radius 2 is 1.86 bits per heavy atom. The Morgan fingerprint density at radius 1 is 1.19 bits per heavy atom. The smallest absolute Gasteiger partial charge is 0.270 e. The number of rotatable bonds is 3. The molecule has 106 valence electrons. The lowest BCUT2D eigenvalue weighted by Gasteiger charge is -2.13. The molecule has 0 spiro atoms. The monoisotopic (exact) mass is 285 g/mol. The maximum absolute atomic E-state index is 12.5. The van der Waals surface area contributed by atoms with Crippen molar-refractivity contribution < 1.29 is 19.5 Å². The van der Waals surface area contributed by atoms with Crippen LogP contribution in [0.4, 0.5) is 0 Å². The first-order valence-corrected chi connectivity index (χ1v) is 6.31. The molecule has 3 N–H and O–H groups in total. The number of carbonyl (C=O) groups excluding carboxylic acids is 3. The molecule has 1 aromatic heterocycles. The van der Waals surface area contributed by atoms with E-state index in [0.717, 1.165) is 0 Å². The Hall–Kier alpha value is -2.80. The van der Waals surface area contributed by atoms with Crippen molar-refractivity contribution in [1.82, 2.24) is 15.5 Å². The number of H-pyrrole nitrogens is 1. The first kappa shape index (κ1) is 13.2. The largest absolute Gasteiger partial charge is 0.395 e. The van der Waals surface area contributed by atoms with E-state index in [2.05, 4.69) is 15.5 Å². The topological polar surface area (TPSA) is 112 Å². The van der Waals surface area contributed by atoms with E-state index in [1.807, 2.05) is 0 Å². The average molecular weight is 285 g/mol. The molecule has 1 amide bonds. The summed E-state index contributed by atoms with van der Waals surface area (Å²) in [6.45, 7) is -0.177. The normalized spacial score (nSPS) is 12.8. The predicted octanol–water partition coefficient (Wildman–Crippen LogP) is -0.0928. The van der Waals surface area contributed by atoms with Gasteiger partial charge < -0.3 is 10.4 Å². The van der Waals surface area contributed by atoms with Crippen molar-refractivity contribution in [3.05, 3.63) is 52.3 Å². The molecule has 0 unspecified atom stereocenters. The maximum Gasteiger partial charge on any atom is 0.270 e. The highest BCUT2D eigenvalue weighted by Crippen LogP contribution is 2.27. The second-order valence-electron chi connectivity index (χ2n) is 4.51. The summed E-state index contributed by atoms with van der Waals surface area (Å²) in [4.78, 5) is 36.7. The van der Waals surface area contributed by atoms with Gasteiger partial charge >= 0.3 is 0 Å². The molecule has 7 nitrogen and oxygen atoms in total. The Morgan fingerprint density at radius 3 is 2.52 bits per heavy atom. The molecule has 2 aromatic rings. The fourth-order valence-corrected chi connectivity index (χ4v) is 2.29. The number of aromatic amines is 1. The minimum atomic E-state index is -0.585. The first-order chi connectivity index (χ1) is 10.1. The lowest BCUT2D eigenvalue weighted by Crippen LogP contribution is -2.29. The minimum absolute atomic E-state index is 0.0193. The van der Waals surface area contributed by atoms with Crippen LogP contribution >= 0.6 is 0 Å². The number of aliphatic hydroxyl groups excluding tert-OH is 1. The van der Waals surface area contributed by atoms with Crippen LogP contribution in [0.5, 0.6) is 0 Å². The molecule has 1 aliphatic carbocycles. The summed E-state index contributed by atoms with van der Waals surface area (Å²) in [5.74, 6) is -1.39. The molecule has 0 radical (unpaired) electrons. The number of nitrogens with zero attached hydrogens (tertiary/aromatic N) is 1. The van der Waals surface area contributed by atoms with Gasteiger partial charge in [0.1, 0.15) is 11.4 Å². The van der Waals surface area contributed by atoms with E-state index in [1.54, 1.807) is 24.3 Å². The first-order valence-electron chi connectivity index (χ1n) is 6.31. The summed E-state index contributed by atoms with van der Waals surface area (Å²) in [6, 6.07) is 6.41. The van der Waals surface area contributed by atoms with Crippen LogP contribution in [0.25, 0.3) is 0 Å². The molecule has 3 rings (SSSR count). The van der Waals surface area contributed by atoms with Crippen LogP contribution < -0.4 is 5.32 Å². The minimum Gasteiger partial charge on any atom is -0.395 e. The molecule has 1 aliphatic rings. The third kappa shape index (κ3) is 1.95. The Labute approximate surface area is 119 Å². The van der Waals surface area contributed by atoms with Gasteiger partial charge in [-0.25, -0.2) is 0 Å². The maximum atomic E-state index is 12.5. The highest BCUT2D eigenvalue weighted by Gasteiger charge is 2.36. The highest BCUT2D eigenvalue weighted by molar-refractivity contribution is 6.29. The third-order valence-electron chi connectivity index (χ3n) is 3.25. The molecule has 0 saturated heterocycles. The van der Waals surface area contributed by atoms with Crippen molar-refractivity contribution in [2.24, 2.45) is 0 Å². The second kappa shape index (κ2) is 4.95. The van der Waals surface area contributed by atoms with Gasteiger partial charge in [0.25, 0.3) is 5.91 Å². The molecule has 0 fully saturated rings. The lowest BCUT2D eigenvalue weighted by atomic mass is 9.87. The van der Waals surface area contributed by atoms with Gasteiger partial charge in [0.05, 0.1) is 12.2 Å². The molecule has 7 heteroatoms. The Kier molecular flexibility index (Phi) is 3.11. The molecular formula is C14H11N3O4. The van der Waals surface area contributed by atoms with E-state index < -0.39 is 17.5 Å². The molecule has 1 heterocycles. The van der Waals surface area contributed by atoms with Crippen molar-refractivity contribution in [3.8, 4) is 0 Å². The molecule has 0 atom stereocenters. The van der Waals surface area contributed by atoms with Crippen LogP contribution in [0.15, 0.2) is 24.3 Å². The number of ketones is 2. The van der Waals surface area contributed by atoms with Crippen LogP contribution in [0.2, 0.25) is 0 Å². The summed E-state index contributed by atoms with van der Waals surface area (Å²) in [5.41, 5.74) is 0.407. The van der Waals surface area contributed by atoms with Gasteiger partial charge in [-0.1, -0.05) is 24.3 Å². The molecular weight excluding hydrogens is 274 g/mol. The fraction of sp³-hybridized carbons (Fsp3) is 0.143. The van der Waals surface area contributed by atoms with Gasteiger partial charge in [0.2, 0.25) is 5.78 Å². The van der Waals surface area contributed by atoms with E-state index in [4.69, 9.17) is 5.11 Å². The summed E-state index contributed by atoms with van der Waals surface area (Å²) >= 11 is 0.